The van der Waals surface area contributed by atoms with Crippen LogP contribution in [-0.4, -0.2) is 50.1 Å². The molecule has 1 aromatic carbocycles. The predicted octanol–water partition coefficient (Wildman–Crippen LogP) is 3.63. The molecule has 1 aliphatic rings. The summed E-state index contributed by atoms with van der Waals surface area (Å²) in [5.74, 6) is 1.93. The molecule has 8 heteroatoms. The van der Waals surface area contributed by atoms with Crippen LogP contribution in [0.15, 0.2) is 35.1 Å². The molecule has 0 unspecified atom stereocenters. The average molecular weight is 422 g/mol. The second kappa shape index (κ2) is 8.83. The zero-order chi connectivity index (χ0) is 22.0. The van der Waals surface area contributed by atoms with Crippen LogP contribution in [-0.2, 0) is 4.79 Å². The van der Waals surface area contributed by atoms with Crippen molar-refractivity contribution in [3.63, 3.8) is 0 Å². The Balaban J connectivity index is 1.34. The zero-order valence-corrected chi connectivity index (χ0v) is 18.3. The molecule has 0 radical (unpaired) electrons. The molecular formula is C23H27N5O3. The first-order chi connectivity index (χ1) is 14.9. The Hall–Kier alpha value is -3.29. The number of likely N-dealkylation sites (tertiary alicyclic amines) is 1. The number of hydrogen-bond donors (Lipinski definition) is 0. The molecular weight excluding hydrogens is 394 g/mol. The van der Waals surface area contributed by atoms with Gasteiger partial charge in [-0.2, -0.15) is 4.98 Å². The van der Waals surface area contributed by atoms with E-state index in [1.807, 2.05) is 44.7 Å². The van der Waals surface area contributed by atoms with Crippen LogP contribution in [0.3, 0.4) is 0 Å². The molecule has 4 rings (SSSR count). The number of rotatable bonds is 5. The van der Waals surface area contributed by atoms with Crippen LogP contribution in [0.4, 0.5) is 0 Å². The van der Waals surface area contributed by atoms with E-state index in [4.69, 9.17) is 9.26 Å². The fraction of sp³-hybridized carbons (Fsp3) is 0.435. The summed E-state index contributed by atoms with van der Waals surface area (Å²) in [6.07, 6.45) is 4.33. The fourth-order valence-corrected chi connectivity index (χ4v) is 3.80. The number of aromatic nitrogens is 4. The highest BCUT2D eigenvalue weighted by atomic mass is 16.5. The number of benzene rings is 1. The van der Waals surface area contributed by atoms with Crippen LogP contribution in [0.2, 0.25) is 0 Å². The van der Waals surface area contributed by atoms with E-state index in [9.17, 15) is 4.79 Å². The highest BCUT2D eigenvalue weighted by Gasteiger charge is 2.30. The van der Waals surface area contributed by atoms with Gasteiger partial charge < -0.3 is 14.2 Å². The number of ether oxygens (including phenoxy) is 1. The Morgan fingerprint density at radius 1 is 1.16 bits per heavy atom. The summed E-state index contributed by atoms with van der Waals surface area (Å²) in [4.78, 5) is 27.7. The van der Waals surface area contributed by atoms with Crippen molar-refractivity contribution in [3.8, 4) is 17.3 Å². The molecule has 1 amide bonds. The van der Waals surface area contributed by atoms with Crippen molar-refractivity contribution < 1.29 is 14.1 Å². The maximum Gasteiger partial charge on any atom is 0.278 e. The van der Waals surface area contributed by atoms with Gasteiger partial charge >= 0.3 is 0 Å². The number of carbonyl (C=O) groups is 1. The third-order valence-corrected chi connectivity index (χ3v) is 5.60. The monoisotopic (exact) mass is 421 g/mol. The summed E-state index contributed by atoms with van der Waals surface area (Å²) >= 11 is 0. The normalized spacial score (nSPS) is 15.7. The van der Waals surface area contributed by atoms with Gasteiger partial charge in [-0.05, 0) is 52.2 Å². The SMILES string of the molecule is Cc1ccc(O[C@@H](C)C(=O)N2CCC(c3noc(-c4cnc(C)cn4)n3)CC2)c(C)c1. The molecule has 3 heterocycles. The first-order valence-corrected chi connectivity index (χ1v) is 10.6. The minimum atomic E-state index is -0.533. The number of nitrogens with zero attached hydrogens (tertiary/aromatic N) is 5. The topological polar surface area (TPSA) is 94.2 Å². The van der Waals surface area contributed by atoms with Crippen molar-refractivity contribution in [1.29, 1.82) is 0 Å². The van der Waals surface area contributed by atoms with Gasteiger partial charge in [0.15, 0.2) is 11.9 Å². The minimum absolute atomic E-state index is 0.00200. The van der Waals surface area contributed by atoms with Gasteiger partial charge in [-0.15, -0.1) is 0 Å². The average Bonchev–Trinajstić information content (AvgIpc) is 3.26. The maximum absolute atomic E-state index is 12.9. The van der Waals surface area contributed by atoms with Gasteiger partial charge in [0.25, 0.3) is 11.8 Å². The lowest BCUT2D eigenvalue weighted by Crippen LogP contribution is -2.44. The van der Waals surface area contributed by atoms with Gasteiger partial charge in [-0.1, -0.05) is 22.9 Å². The first-order valence-electron chi connectivity index (χ1n) is 10.6. The van der Waals surface area contributed by atoms with Gasteiger partial charge in [-0.25, -0.2) is 4.98 Å². The second-order valence-electron chi connectivity index (χ2n) is 8.13. The molecule has 2 aromatic heterocycles. The molecule has 1 saturated heterocycles. The zero-order valence-electron chi connectivity index (χ0n) is 18.3. The van der Waals surface area contributed by atoms with Gasteiger partial charge in [0.1, 0.15) is 11.4 Å². The van der Waals surface area contributed by atoms with Crippen LogP contribution < -0.4 is 4.74 Å². The molecule has 0 saturated carbocycles. The first kappa shape index (κ1) is 21.0. The van der Waals surface area contributed by atoms with Crippen molar-refractivity contribution in [3.05, 3.63) is 53.2 Å². The molecule has 1 atom stereocenters. The van der Waals surface area contributed by atoms with Crippen molar-refractivity contribution in [2.24, 2.45) is 0 Å². The Kier molecular flexibility index (Phi) is 5.97. The van der Waals surface area contributed by atoms with Crippen LogP contribution in [0, 0.1) is 20.8 Å². The largest absolute Gasteiger partial charge is 0.481 e. The molecule has 1 aliphatic heterocycles. The number of amides is 1. The van der Waals surface area contributed by atoms with E-state index in [2.05, 4.69) is 26.2 Å². The van der Waals surface area contributed by atoms with Gasteiger partial charge in [0, 0.05) is 25.2 Å². The molecule has 8 nitrogen and oxygen atoms in total. The van der Waals surface area contributed by atoms with Crippen molar-refractivity contribution in [2.75, 3.05) is 13.1 Å². The van der Waals surface area contributed by atoms with Crippen molar-refractivity contribution in [2.45, 2.75) is 52.6 Å². The van der Waals surface area contributed by atoms with E-state index in [1.54, 1.807) is 12.4 Å². The molecule has 0 aliphatic carbocycles. The lowest BCUT2D eigenvalue weighted by atomic mass is 9.96. The van der Waals surface area contributed by atoms with Crippen LogP contribution >= 0.6 is 0 Å². The van der Waals surface area contributed by atoms with Gasteiger partial charge in [0.2, 0.25) is 0 Å². The Labute approximate surface area is 181 Å². The Bertz CT molecular complexity index is 1060. The maximum atomic E-state index is 12.9. The summed E-state index contributed by atoms with van der Waals surface area (Å²) < 4.78 is 11.3. The highest BCUT2D eigenvalue weighted by Crippen LogP contribution is 2.28. The molecule has 3 aromatic rings. The van der Waals surface area contributed by atoms with E-state index >= 15 is 0 Å². The minimum Gasteiger partial charge on any atom is -0.481 e. The van der Waals surface area contributed by atoms with Crippen molar-refractivity contribution in [1.82, 2.24) is 25.0 Å². The lowest BCUT2D eigenvalue weighted by molar-refractivity contribution is -0.139. The number of piperidine rings is 1. The summed E-state index contributed by atoms with van der Waals surface area (Å²) in [6, 6.07) is 5.97. The van der Waals surface area contributed by atoms with E-state index < -0.39 is 6.10 Å². The third-order valence-electron chi connectivity index (χ3n) is 5.60. The number of carbonyl (C=O) groups excluding carboxylic acids is 1. The van der Waals surface area contributed by atoms with E-state index in [1.165, 1.54) is 5.56 Å². The highest BCUT2D eigenvalue weighted by molar-refractivity contribution is 5.81. The van der Waals surface area contributed by atoms with E-state index in [0.29, 0.717) is 30.5 Å². The summed E-state index contributed by atoms with van der Waals surface area (Å²) in [6.45, 7) is 8.99. The van der Waals surface area contributed by atoms with E-state index in [0.717, 1.165) is 29.8 Å². The summed E-state index contributed by atoms with van der Waals surface area (Å²) in [7, 11) is 0. The van der Waals surface area contributed by atoms with Crippen molar-refractivity contribution >= 4 is 5.91 Å². The smallest absolute Gasteiger partial charge is 0.278 e. The molecule has 31 heavy (non-hydrogen) atoms. The fourth-order valence-electron chi connectivity index (χ4n) is 3.80. The van der Waals surface area contributed by atoms with E-state index in [-0.39, 0.29) is 11.8 Å². The quantitative estimate of drug-likeness (QED) is 0.621. The molecule has 162 valence electrons. The molecule has 0 N–H and O–H groups in total. The number of hydrogen-bond acceptors (Lipinski definition) is 7. The second-order valence-corrected chi connectivity index (χ2v) is 8.13. The van der Waals surface area contributed by atoms with Gasteiger partial charge in [0.05, 0.1) is 11.9 Å². The number of aryl methyl sites for hydroxylation is 3. The standard InChI is InChI=1S/C23H27N5O3/c1-14-5-6-20(15(2)11-14)30-17(4)23(29)28-9-7-18(8-10-28)21-26-22(31-27-21)19-13-24-16(3)12-25-19/h5-6,11-13,17-18H,7-10H2,1-4H3/t17-/m0/s1. The van der Waals surface area contributed by atoms with Crippen LogP contribution in [0.5, 0.6) is 5.75 Å². The van der Waals surface area contributed by atoms with Crippen LogP contribution in [0.1, 0.15) is 48.3 Å². The molecule has 0 bridgehead atoms. The summed E-state index contributed by atoms with van der Waals surface area (Å²) in [5, 5.41) is 4.13. The van der Waals surface area contributed by atoms with Gasteiger partial charge in [-0.3, -0.25) is 9.78 Å². The van der Waals surface area contributed by atoms with Crippen LogP contribution in [0.25, 0.3) is 11.6 Å². The Morgan fingerprint density at radius 2 is 1.94 bits per heavy atom. The molecule has 0 spiro atoms. The molecule has 1 fully saturated rings. The third kappa shape index (κ3) is 4.73. The lowest BCUT2D eigenvalue weighted by Gasteiger charge is -2.32. The Morgan fingerprint density at radius 3 is 2.61 bits per heavy atom. The summed E-state index contributed by atoms with van der Waals surface area (Å²) in [5.41, 5.74) is 3.60. The predicted molar refractivity (Wildman–Crippen MR) is 115 cm³/mol.